The van der Waals surface area contributed by atoms with Crippen LogP contribution in [-0.2, 0) is 14.2 Å². The molecular formula is C55H57FN14O9. The Labute approximate surface area is 453 Å². The molecule has 0 unspecified atom stereocenters. The van der Waals surface area contributed by atoms with Crippen molar-refractivity contribution in [2.45, 2.75) is 0 Å². The predicted octanol–water partition coefficient (Wildman–Crippen LogP) is 8.91. The van der Waals surface area contributed by atoms with Crippen LogP contribution in [0.4, 0.5) is 56.8 Å². The van der Waals surface area contributed by atoms with Crippen molar-refractivity contribution in [3.05, 3.63) is 134 Å². The fraction of sp³-hybridized carbons (Fsp3) is 0.273. The molecular weight excluding hydrogens is 1020 g/mol. The monoisotopic (exact) mass is 1080 g/mol. The molecule has 0 spiro atoms. The van der Waals surface area contributed by atoms with Crippen molar-refractivity contribution in [1.29, 1.82) is 0 Å². The van der Waals surface area contributed by atoms with Crippen LogP contribution >= 0.6 is 0 Å². The number of pyridine rings is 3. The number of methoxy groups -OCH3 is 3. The molecule has 0 saturated carbocycles. The van der Waals surface area contributed by atoms with Gasteiger partial charge in [-0.1, -0.05) is 15.5 Å². The largest absolute Gasteiger partial charge is 0.497 e. The number of aromatic nitrogens is 8. The van der Waals surface area contributed by atoms with Gasteiger partial charge in [0.1, 0.15) is 46.0 Å². The first-order valence-electron chi connectivity index (χ1n) is 25.3. The van der Waals surface area contributed by atoms with E-state index in [-0.39, 0.29) is 5.75 Å². The predicted molar refractivity (Wildman–Crippen MR) is 293 cm³/mol. The number of nitrogens with zero attached hydrogens (tertiary/aromatic N) is 11. The van der Waals surface area contributed by atoms with Crippen molar-refractivity contribution >= 4 is 52.4 Å². The maximum Gasteiger partial charge on any atom is 0.230 e. The van der Waals surface area contributed by atoms with E-state index in [1.165, 1.54) is 13.2 Å². The average molecular weight is 1080 g/mol. The molecule has 0 bridgehead atoms. The zero-order chi connectivity index (χ0) is 54.2. The summed E-state index contributed by atoms with van der Waals surface area (Å²) in [7, 11) is 4.67. The minimum absolute atomic E-state index is 0.188. The second-order valence-electron chi connectivity index (χ2n) is 17.6. The molecule has 0 aliphatic carbocycles. The normalized spacial score (nSPS) is 14.3. The summed E-state index contributed by atoms with van der Waals surface area (Å²) in [5, 5.41) is 21.7. The molecule has 79 heavy (non-hydrogen) atoms. The van der Waals surface area contributed by atoms with Gasteiger partial charge in [-0.3, -0.25) is 4.98 Å². The molecule has 9 aromatic rings. The molecule has 3 fully saturated rings. The van der Waals surface area contributed by atoms with Gasteiger partial charge in [-0.25, -0.2) is 19.3 Å². The van der Waals surface area contributed by atoms with Crippen molar-refractivity contribution in [3.63, 3.8) is 0 Å². The first-order valence-corrected chi connectivity index (χ1v) is 25.3. The van der Waals surface area contributed by atoms with E-state index in [9.17, 15) is 4.39 Å². The van der Waals surface area contributed by atoms with Crippen LogP contribution < -0.4 is 44.9 Å². The number of ether oxygens (including phenoxy) is 6. The minimum Gasteiger partial charge on any atom is -0.497 e. The summed E-state index contributed by atoms with van der Waals surface area (Å²) in [5.74, 6) is 5.84. The fourth-order valence-electron chi connectivity index (χ4n) is 8.30. The van der Waals surface area contributed by atoms with Gasteiger partial charge in [0.15, 0.2) is 11.6 Å². The highest BCUT2D eigenvalue weighted by Crippen LogP contribution is 2.31. The molecule has 3 aliphatic rings. The van der Waals surface area contributed by atoms with Crippen molar-refractivity contribution in [2.75, 3.05) is 131 Å². The van der Waals surface area contributed by atoms with E-state index in [2.05, 4.69) is 71.0 Å². The van der Waals surface area contributed by atoms with Gasteiger partial charge >= 0.3 is 0 Å². The van der Waals surface area contributed by atoms with Crippen LogP contribution in [0.15, 0.2) is 141 Å². The Morgan fingerprint density at radius 1 is 0.456 bits per heavy atom. The van der Waals surface area contributed by atoms with Gasteiger partial charge in [-0.05, 0) is 72.8 Å². The number of halogens is 1. The second-order valence-corrected chi connectivity index (χ2v) is 17.6. The first-order chi connectivity index (χ1) is 38.9. The standard InChI is InChI=1S/C19H19FN4O3.C19H20N4O3.C17H18N6O3/c1-25-17-3-2-13(10-15(17)20)16-12-19(27-23-16)22-14-4-5-21-18(11-14)24-6-8-26-9-7-24;1-24-16-4-2-14(3-5-16)17-13-19(26-22-17)21-15-6-7-20-18(12-15)23-8-10-25-11-9-23;1-24-12-2-3-13(19-11-12)14-10-16(26-22-14)20-15-4-5-18-17(21-15)23-6-8-25-9-7-23/h2-5,10-12H,6-9H2,1H3,(H,21,22);2-7,12-13H,8-11H2,1H3,(H,20,21);2-5,10-11H,6-9H2,1H3,(H,18,20,21). The van der Waals surface area contributed by atoms with Crippen LogP contribution in [0.5, 0.6) is 17.2 Å². The molecule has 408 valence electrons. The Bertz CT molecular complexity index is 3200. The quantitative estimate of drug-likeness (QED) is 0.0867. The molecule has 12 rings (SSSR count). The van der Waals surface area contributed by atoms with Crippen LogP contribution in [-0.4, -0.2) is 141 Å². The maximum atomic E-state index is 13.9. The molecule has 3 saturated heterocycles. The van der Waals surface area contributed by atoms with Gasteiger partial charge in [0, 0.05) is 111 Å². The lowest BCUT2D eigenvalue weighted by Crippen LogP contribution is -2.37. The summed E-state index contributed by atoms with van der Waals surface area (Å²) < 4.78 is 61.3. The molecule has 24 heteroatoms. The molecule has 0 atom stereocenters. The van der Waals surface area contributed by atoms with Crippen LogP contribution in [0, 0.1) is 5.82 Å². The van der Waals surface area contributed by atoms with Crippen LogP contribution in [0.1, 0.15) is 0 Å². The first kappa shape index (κ1) is 53.0. The van der Waals surface area contributed by atoms with Gasteiger partial charge in [0.25, 0.3) is 0 Å². The van der Waals surface area contributed by atoms with E-state index in [1.807, 2.05) is 66.7 Å². The molecule has 3 aliphatic heterocycles. The molecule has 10 heterocycles. The second kappa shape index (κ2) is 26.1. The average Bonchev–Trinajstić information content (AvgIpc) is 4.34. The van der Waals surface area contributed by atoms with Crippen LogP contribution in [0.2, 0.25) is 0 Å². The van der Waals surface area contributed by atoms with E-state index < -0.39 is 5.82 Å². The minimum atomic E-state index is -0.447. The molecule has 2 aromatic carbocycles. The Kier molecular flexibility index (Phi) is 17.5. The number of rotatable bonds is 15. The topological polar surface area (TPSA) is 244 Å². The van der Waals surface area contributed by atoms with Crippen LogP contribution in [0.3, 0.4) is 0 Å². The zero-order valence-corrected chi connectivity index (χ0v) is 43.6. The van der Waals surface area contributed by atoms with Gasteiger partial charge in [-0.2, -0.15) is 4.98 Å². The number of morpholine rings is 3. The number of benzene rings is 2. The Balaban J connectivity index is 0.000000134. The van der Waals surface area contributed by atoms with Crippen molar-refractivity contribution < 1.29 is 46.4 Å². The molecule has 7 aromatic heterocycles. The number of hydrogen-bond donors (Lipinski definition) is 3. The SMILES string of the molecule is COc1ccc(-c2cc(Nc3ccnc(N4CCOCC4)c3)on2)cc1.COc1ccc(-c2cc(Nc3ccnc(N4CCOCC4)c3)on2)cc1F.COc1ccc(-c2cc(Nc3ccnc(N4CCOCC4)n3)on2)nc1. The fourth-order valence-corrected chi connectivity index (χ4v) is 8.30. The van der Waals surface area contributed by atoms with Gasteiger partial charge in [0.2, 0.25) is 23.6 Å². The van der Waals surface area contributed by atoms with Crippen LogP contribution in [0.25, 0.3) is 33.9 Å². The van der Waals surface area contributed by atoms with Gasteiger partial charge in [0.05, 0.1) is 72.9 Å². The smallest absolute Gasteiger partial charge is 0.230 e. The molecule has 0 radical (unpaired) electrons. The lowest BCUT2D eigenvalue weighted by molar-refractivity contribution is 0.122. The third-order valence-electron chi connectivity index (χ3n) is 12.5. The third kappa shape index (κ3) is 14.2. The highest BCUT2D eigenvalue weighted by molar-refractivity contribution is 5.68. The van der Waals surface area contributed by atoms with E-state index in [0.717, 1.165) is 92.5 Å². The van der Waals surface area contributed by atoms with Crippen molar-refractivity contribution in [2.24, 2.45) is 0 Å². The van der Waals surface area contributed by atoms with E-state index in [4.69, 9.17) is 42.0 Å². The summed E-state index contributed by atoms with van der Waals surface area (Å²) in [6.07, 6.45) is 6.87. The van der Waals surface area contributed by atoms with Crippen molar-refractivity contribution in [1.82, 2.24) is 40.4 Å². The van der Waals surface area contributed by atoms with Gasteiger partial charge < -0.3 is 72.6 Å². The third-order valence-corrected chi connectivity index (χ3v) is 12.5. The number of nitrogens with one attached hydrogen (secondary N) is 3. The lowest BCUT2D eigenvalue weighted by atomic mass is 10.1. The zero-order valence-electron chi connectivity index (χ0n) is 43.6. The lowest BCUT2D eigenvalue weighted by Gasteiger charge is -2.27. The summed E-state index contributed by atoms with van der Waals surface area (Å²) in [6, 6.07) is 30.8. The Morgan fingerprint density at radius 2 is 0.962 bits per heavy atom. The van der Waals surface area contributed by atoms with E-state index >= 15 is 0 Å². The summed E-state index contributed by atoms with van der Waals surface area (Å²) in [5.41, 5.74) is 5.91. The molecule has 0 amide bonds. The summed E-state index contributed by atoms with van der Waals surface area (Å²) in [4.78, 5) is 28.5. The van der Waals surface area contributed by atoms with Crippen molar-refractivity contribution in [3.8, 4) is 51.2 Å². The summed E-state index contributed by atoms with van der Waals surface area (Å²) >= 11 is 0. The number of anilines is 9. The highest BCUT2D eigenvalue weighted by Gasteiger charge is 2.18. The molecule has 23 nitrogen and oxygen atoms in total. The van der Waals surface area contributed by atoms with Gasteiger partial charge in [-0.15, -0.1) is 0 Å². The van der Waals surface area contributed by atoms with E-state index in [1.54, 1.807) is 69.3 Å². The Morgan fingerprint density at radius 3 is 1.51 bits per heavy atom. The molecule has 3 N–H and O–H groups in total. The highest BCUT2D eigenvalue weighted by atomic mass is 19.1. The number of hydrogen-bond acceptors (Lipinski definition) is 23. The maximum absolute atomic E-state index is 13.9. The Hall–Kier alpha value is -9.39. The summed E-state index contributed by atoms with van der Waals surface area (Å²) in [6.45, 7) is 9.09. The van der Waals surface area contributed by atoms with E-state index in [0.29, 0.717) is 84.2 Å².